The maximum Gasteiger partial charge on any atom is 0.315 e. The lowest BCUT2D eigenvalue weighted by molar-refractivity contribution is -0.150. The summed E-state index contributed by atoms with van der Waals surface area (Å²) in [5, 5.41) is 0.309. The van der Waals surface area contributed by atoms with E-state index >= 15 is 0 Å². The number of halogens is 1. The zero-order chi connectivity index (χ0) is 12.3. The molecule has 1 heterocycles. The van der Waals surface area contributed by atoms with E-state index in [1.807, 2.05) is 0 Å². The van der Waals surface area contributed by atoms with Crippen molar-refractivity contribution in [2.45, 2.75) is 19.8 Å². The van der Waals surface area contributed by atoms with E-state index in [1.54, 1.807) is 6.92 Å². The average molecular weight is 257 g/mol. The van der Waals surface area contributed by atoms with E-state index in [0.717, 1.165) is 12.8 Å². The molecule has 0 unspecified atom stereocenters. The van der Waals surface area contributed by atoms with Crippen LogP contribution in [0.1, 0.15) is 19.8 Å². The van der Waals surface area contributed by atoms with Crippen molar-refractivity contribution in [3.63, 3.8) is 0 Å². The van der Waals surface area contributed by atoms with E-state index in [-0.39, 0.29) is 12.6 Å². The number of rotatable bonds is 5. The molecule has 0 aliphatic heterocycles. The molecule has 1 aromatic rings. The molecule has 0 saturated heterocycles. The third-order valence-corrected chi connectivity index (χ3v) is 2.85. The summed E-state index contributed by atoms with van der Waals surface area (Å²) in [4.78, 5) is 19.4. The second-order valence-corrected chi connectivity index (χ2v) is 4.35. The maximum atomic E-state index is 11.6. The molecule has 0 bridgehead atoms. The first-order chi connectivity index (χ1) is 8.16. The molecular weight excluding hydrogens is 244 g/mol. The lowest BCUT2D eigenvalue weighted by Crippen LogP contribution is -2.26. The van der Waals surface area contributed by atoms with E-state index in [2.05, 4.69) is 9.97 Å². The van der Waals surface area contributed by atoms with E-state index < -0.39 is 5.41 Å². The minimum absolute atomic E-state index is 0.193. The average Bonchev–Trinajstić information content (AvgIpc) is 3.10. The van der Waals surface area contributed by atoms with Gasteiger partial charge < -0.3 is 9.47 Å². The van der Waals surface area contributed by atoms with Gasteiger partial charge in [0.15, 0.2) is 0 Å². The molecule has 0 amide bonds. The Morgan fingerprint density at radius 3 is 2.76 bits per heavy atom. The summed E-state index contributed by atoms with van der Waals surface area (Å²) >= 11 is 5.60. The molecule has 0 N–H and O–H groups in total. The van der Waals surface area contributed by atoms with Gasteiger partial charge >= 0.3 is 5.97 Å². The van der Waals surface area contributed by atoms with Gasteiger partial charge in [0.25, 0.3) is 0 Å². The minimum Gasteiger partial charge on any atom is -0.475 e. The second kappa shape index (κ2) is 4.87. The van der Waals surface area contributed by atoms with Crippen LogP contribution in [0.15, 0.2) is 12.4 Å². The minimum atomic E-state index is -0.475. The summed E-state index contributed by atoms with van der Waals surface area (Å²) in [7, 11) is 0. The van der Waals surface area contributed by atoms with Crippen molar-refractivity contribution < 1.29 is 14.3 Å². The fourth-order valence-corrected chi connectivity index (χ4v) is 1.53. The molecule has 6 heteroatoms. The Kier molecular flexibility index (Phi) is 3.47. The van der Waals surface area contributed by atoms with Crippen molar-refractivity contribution in [2.75, 3.05) is 13.2 Å². The van der Waals surface area contributed by atoms with Crippen molar-refractivity contribution in [3.05, 3.63) is 17.5 Å². The number of hydrogen-bond donors (Lipinski definition) is 0. The van der Waals surface area contributed by atoms with Crippen LogP contribution in [0.5, 0.6) is 5.88 Å². The molecule has 0 aromatic carbocycles. The van der Waals surface area contributed by atoms with Crippen LogP contribution in [0.2, 0.25) is 5.15 Å². The SMILES string of the molecule is CCOC(=O)C1(COc2cnc(Cl)cn2)CC1. The Morgan fingerprint density at radius 1 is 1.47 bits per heavy atom. The van der Waals surface area contributed by atoms with Crippen molar-refractivity contribution in [3.8, 4) is 5.88 Å². The van der Waals surface area contributed by atoms with Crippen molar-refractivity contribution >= 4 is 17.6 Å². The van der Waals surface area contributed by atoms with Crippen LogP contribution in [0.25, 0.3) is 0 Å². The highest BCUT2D eigenvalue weighted by Crippen LogP contribution is 2.46. The number of aromatic nitrogens is 2. The van der Waals surface area contributed by atoms with E-state index in [9.17, 15) is 4.79 Å². The molecule has 1 saturated carbocycles. The Morgan fingerprint density at radius 2 is 2.24 bits per heavy atom. The third kappa shape index (κ3) is 2.85. The van der Waals surface area contributed by atoms with Crippen LogP contribution in [-0.2, 0) is 9.53 Å². The van der Waals surface area contributed by atoms with Gasteiger partial charge in [0.05, 0.1) is 19.0 Å². The highest BCUT2D eigenvalue weighted by Gasteiger charge is 2.52. The quantitative estimate of drug-likeness (QED) is 0.753. The predicted molar refractivity (Wildman–Crippen MR) is 60.8 cm³/mol. The molecule has 92 valence electrons. The largest absolute Gasteiger partial charge is 0.475 e. The zero-order valence-electron chi connectivity index (χ0n) is 9.48. The van der Waals surface area contributed by atoms with Gasteiger partial charge in [0.2, 0.25) is 5.88 Å². The number of ether oxygens (including phenoxy) is 2. The maximum absolute atomic E-state index is 11.6. The van der Waals surface area contributed by atoms with Crippen molar-refractivity contribution in [1.29, 1.82) is 0 Å². The monoisotopic (exact) mass is 256 g/mol. The van der Waals surface area contributed by atoms with Crippen LogP contribution in [0.3, 0.4) is 0 Å². The Hall–Kier alpha value is -1.36. The van der Waals surface area contributed by atoms with Gasteiger partial charge in [-0.3, -0.25) is 4.79 Å². The first-order valence-corrected chi connectivity index (χ1v) is 5.82. The standard InChI is InChI=1S/C11H13ClN2O3/c1-2-16-10(15)11(3-4-11)7-17-9-6-13-8(12)5-14-9/h5-6H,2-4,7H2,1H3. The fraction of sp³-hybridized carbons (Fsp3) is 0.545. The molecule has 2 rings (SSSR count). The lowest BCUT2D eigenvalue weighted by Gasteiger charge is -2.13. The van der Waals surface area contributed by atoms with Crippen LogP contribution >= 0.6 is 11.6 Å². The van der Waals surface area contributed by atoms with Crippen LogP contribution in [-0.4, -0.2) is 29.2 Å². The van der Waals surface area contributed by atoms with Gasteiger partial charge in [-0.05, 0) is 19.8 Å². The number of esters is 1. The third-order valence-electron chi connectivity index (χ3n) is 2.65. The second-order valence-electron chi connectivity index (χ2n) is 3.97. The summed E-state index contributed by atoms with van der Waals surface area (Å²) < 4.78 is 10.4. The molecule has 5 nitrogen and oxygen atoms in total. The van der Waals surface area contributed by atoms with Crippen molar-refractivity contribution in [1.82, 2.24) is 9.97 Å². The Bertz CT molecular complexity index is 404. The summed E-state index contributed by atoms with van der Waals surface area (Å²) in [5.41, 5.74) is -0.475. The van der Waals surface area contributed by atoms with Gasteiger partial charge in [-0.2, -0.15) is 0 Å². The highest BCUT2D eigenvalue weighted by atomic mass is 35.5. The molecule has 1 fully saturated rings. The van der Waals surface area contributed by atoms with Gasteiger partial charge in [-0.1, -0.05) is 11.6 Å². The first kappa shape index (κ1) is 12.1. The van der Waals surface area contributed by atoms with Crippen molar-refractivity contribution in [2.24, 2.45) is 5.41 Å². The number of carbonyl (C=O) groups excluding carboxylic acids is 1. The van der Waals surface area contributed by atoms with Crippen LogP contribution < -0.4 is 4.74 Å². The molecular formula is C11H13ClN2O3. The Labute approximate surface area is 104 Å². The normalized spacial score (nSPS) is 16.4. The zero-order valence-corrected chi connectivity index (χ0v) is 10.2. The first-order valence-electron chi connectivity index (χ1n) is 5.44. The number of carbonyl (C=O) groups is 1. The topological polar surface area (TPSA) is 61.3 Å². The van der Waals surface area contributed by atoms with Crippen LogP contribution in [0.4, 0.5) is 0 Å². The molecule has 0 atom stereocenters. The molecule has 1 aliphatic rings. The predicted octanol–water partition coefficient (Wildman–Crippen LogP) is 1.85. The number of hydrogen-bond acceptors (Lipinski definition) is 5. The smallest absolute Gasteiger partial charge is 0.315 e. The highest BCUT2D eigenvalue weighted by molar-refractivity contribution is 6.29. The fourth-order valence-electron chi connectivity index (χ4n) is 1.43. The number of nitrogens with zero attached hydrogens (tertiary/aromatic N) is 2. The van der Waals surface area contributed by atoms with Gasteiger partial charge in [-0.25, -0.2) is 9.97 Å². The molecule has 0 spiro atoms. The Balaban J connectivity index is 1.90. The molecule has 0 radical (unpaired) electrons. The lowest BCUT2D eigenvalue weighted by atomic mass is 10.1. The summed E-state index contributed by atoms with van der Waals surface area (Å²) in [6.07, 6.45) is 4.43. The van der Waals surface area contributed by atoms with E-state index in [1.165, 1.54) is 12.4 Å². The molecule has 1 aromatic heterocycles. The van der Waals surface area contributed by atoms with E-state index in [4.69, 9.17) is 21.1 Å². The van der Waals surface area contributed by atoms with Crippen LogP contribution in [0, 0.1) is 5.41 Å². The van der Waals surface area contributed by atoms with Gasteiger partial charge in [0.1, 0.15) is 17.2 Å². The summed E-state index contributed by atoms with van der Waals surface area (Å²) in [5.74, 6) is 0.173. The molecule has 17 heavy (non-hydrogen) atoms. The van der Waals surface area contributed by atoms with E-state index in [0.29, 0.717) is 17.6 Å². The summed E-state index contributed by atoms with van der Waals surface area (Å²) in [6, 6.07) is 0. The van der Waals surface area contributed by atoms with Gasteiger partial charge in [-0.15, -0.1) is 0 Å². The summed E-state index contributed by atoms with van der Waals surface area (Å²) in [6.45, 7) is 2.46. The van der Waals surface area contributed by atoms with Gasteiger partial charge in [0, 0.05) is 0 Å². The molecule has 1 aliphatic carbocycles.